The highest BCUT2D eigenvalue weighted by Crippen LogP contribution is 2.16. The van der Waals surface area contributed by atoms with E-state index in [0.717, 1.165) is 0 Å². The molecule has 1 amide bonds. The van der Waals surface area contributed by atoms with E-state index in [1.165, 1.54) is 14.2 Å². The number of aromatic nitrogens is 1. The van der Waals surface area contributed by atoms with E-state index in [0.29, 0.717) is 17.9 Å². The summed E-state index contributed by atoms with van der Waals surface area (Å²) in [4.78, 5) is 28.0. The SMILES string of the molecule is COC(=O)[C@@H](Cc1cccnc1OC)NC(=O)[C@@H](O)CC(C)C. The lowest BCUT2D eigenvalue weighted by atomic mass is 10.0. The summed E-state index contributed by atoms with van der Waals surface area (Å²) < 4.78 is 9.86. The number of hydrogen-bond donors (Lipinski definition) is 2. The standard InChI is InChI=1S/C16H24N2O5/c1-10(2)8-13(19)14(20)18-12(16(21)23-4)9-11-6-5-7-17-15(11)22-3/h5-7,10,12-13,19H,8-9H2,1-4H3,(H,18,20)/t12-,13+/m1/s1. The molecule has 2 atom stereocenters. The minimum Gasteiger partial charge on any atom is -0.481 e. The molecule has 7 nitrogen and oxygen atoms in total. The van der Waals surface area contributed by atoms with Crippen molar-refractivity contribution in [3.05, 3.63) is 23.9 Å². The van der Waals surface area contributed by atoms with Gasteiger partial charge in [0.15, 0.2) is 0 Å². The molecule has 0 aliphatic heterocycles. The number of esters is 1. The van der Waals surface area contributed by atoms with E-state index < -0.39 is 24.0 Å². The van der Waals surface area contributed by atoms with Crippen LogP contribution in [0.5, 0.6) is 5.88 Å². The molecule has 23 heavy (non-hydrogen) atoms. The molecular formula is C16H24N2O5. The number of nitrogens with zero attached hydrogens (tertiary/aromatic N) is 1. The second-order valence-electron chi connectivity index (χ2n) is 5.61. The predicted octanol–water partition coefficient (Wildman–Crippen LogP) is 0.697. The lowest BCUT2D eigenvalue weighted by Gasteiger charge is -2.20. The van der Waals surface area contributed by atoms with Gasteiger partial charge in [-0.3, -0.25) is 4.79 Å². The summed E-state index contributed by atoms with van der Waals surface area (Å²) in [5.74, 6) is -0.665. The van der Waals surface area contributed by atoms with Gasteiger partial charge in [0.1, 0.15) is 12.1 Å². The molecule has 0 bridgehead atoms. The topological polar surface area (TPSA) is 97.8 Å². The van der Waals surface area contributed by atoms with Gasteiger partial charge in [-0.25, -0.2) is 9.78 Å². The zero-order chi connectivity index (χ0) is 17.4. The number of pyridine rings is 1. The summed E-state index contributed by atoms with van der Waals surface area (Å²) in [6.45, 7) is 3.80. The van der Waals surface area contributed by atoms with Crippen LogP contribution in [0.4, 0.5) is 0 Å². The van der Waals surface area contributed by atoms with E-state index >= 15 is 0 Å². The Kier molecular flexibility index (Phi) is 7.47. The second kappa shape index (κ2) is 9.09. The van der Waals surface area contributed by atoms with Gasteiger partial charge >= 0.3 is 5.97 Å². The Morgan fingerprint density at radius 1 is 1.35 bits per heavy atom. The Hall–Kier alpha value is -2.15. The van der Waals surface area contributed by atoms with Gasteiger partial charge in [-0.1, -0.05) is 19.9 Å². The van der Waals surface area contributed by atoms with Gasteiger partial charge in [0.2, 0.25) is 11.8 Å². The number of aliphatic hydroxyl groups is 1. The smallest absolute Gasteiger partial charge is 0.328 e. The highest BCUT2D eigenvalue weighted by molar-refractivity contribution is 5.87. The molecule has 128 valence electrons. The van der Waals surface area contributed by atoms with Crippen molar-refractivity contribution in [3.63, 3.8) is 0 Å². The molecule has 0 spiro atoms. The van der Waals surface area contributed by atoms with Crippen molar-refractivity contribution in [1.29, 1.82) is 0 Å². The van der Waals surface area contributed by atoms with E-state index in [4.69, 9.17) is 9.47 Å². The molecule has 1 aromatic heterocycles. The molecule has 0 aliphatic rings. The maximum atomic E-state index is 12.0. The molecular weight excluding hydrogens is 300 g/mol. The summed E-state index contributed by atoms with van der Waals surface area (Å²) in [5, 5.41) is 12.4. The van der Waals surface area contributed by atoms with Crippen molar-refractivity contribution in [2.45, 2.75) is 38.8 Å². The van der Waals surface area contributed by atoms with Crippen LogP contribution in [0.2, 0.25) is 0 Å². The fourth-order valence-electron chi connectivity index (χ4n) is 2.14. The average molecular weight is 324 g/mol. The van der Waals surface area contributed by atoms with Crippen LogP contribution in [0.15, 0.2) is 18.3 Å². The van der Waals surface area contributed by atoms with Crippen LogP contribution in [0.3, 0.4) is 0 Å². The van der Waals surface area contributed by atoms with E-state index in [2.05, 4.69) is 10.3 Å². The average Bonchev–Trinajstić information content (AvgIpc) is 2.53. The van der Waals surface area contributed by atoms with Crippen molar-refractivity contribution in [3.8, 4) is 5.88 Å². The first-order chi connectivity index (χ1) is 10.9. The minimum atomic E-state index is -1.17. The molecule has 1 aromatic rings. The minimum absolute atomic E-state index is 0.157. The number of rotatable bonds is 8. The zero-order valence-corrected chi connectivity index (χ0v) is 13.9. The lowest BCUT2D eigenvalue weighted by Crippen LogP contribution is -2.47. The molecule has 0 fully saturated rings. The Morgan fingerprint density at radius 3 is 2.61 bits per heavy atom. The van der Waals surface area contributed by atoms with Crippen LogP contribution in [-0.2, 0) is 20.7 Å². The van der Waals surface area contributed by atoms with Gasteiger partial charge in [0.05, 0.1) is 14.2 Å². The highest BCUT2D eigenvalue weighted by atomic mass is 16.5. The molecule has 0 saturated heterocycles. The molecule has 0 aromatic carbocycles. The normalized spacial score (nSPS) is 13.3. The molecule has 7 heteroatoms. The summed E-state index contributed by atoms with van der Waals surface area (Å²) in [6, 6.07) is 2.53. The number of nitrogens with one attached hydrogen (secondary N) is 1. The Labute approximate surface area is 136 Å². The number of ether oxygens (including phenoxy) is 2. The first-order valence-electron chi connectivity index (χ1n) is 7.43. The van der Waals surface area contributed by atoms with Crippen LogP contribution >= 0.6 is 0 Å². The van der Waals surface area contributed by atoms with Crippen LogP contribution in [0.25, 0.3) is 0 Å². The first-order valence-corrected chi connectivity index (χ1v) is 7.43. The molecule has 2 N–H and O–H groups in total. The number of aliphatic hydroxyl groups excluding tert-OH is 1. The Balaban J connectivity index is 2.85. The third kappa shape index (κ3) is 5.86. The summed E-state index contributed by atoms with van der Waals surface area (Å²) in [7, 11) is 2.72. The summed E-state index contributed by atoms with van der Waals surface area (Å²) in [5.41, 5.74) is 0.657. The van der Waals surface area contributed by atoms with Crippen molar-refractivity contribution >= 4 is 11.9 Å². The highest BCUT2D eigenvalue weighted by Gasteiger charge is 2.26. The van der Waals surface area contributed by atoms with Gasteiger partial charge in [-0.2, -0.15) is 0 Å². The van der Waals surface area contributed by atoms with Gasteiger partial charge in [-0.05, 0) is 18.4 Å². The Bertz CT molecular complexity index is 533. The van der Waals surface area contributed by atoms with E-state index in [1.54, 1.807) is 18.3 Å². The Morgan fingerprint density at radius 2 is 2.04 bits per heavy atom. The maximum absolute atomic E-state index is 12.0. The zero-order valence-electron chi connectivity index (χ0n) is 13.9. The number of hydrogen-bond acceptors (Lipinski definition) is 6. The van der Waals surface area contributed by atoms with Crippen LogP contribution in [0.1, 0.15) is 25.8 Å². The van der Waals surface area contributed by atoms with Crippen molar-refractivity contribution < 1.29 is 24.2 Å². The molecule has 0 unspecified atom stereocenters. The largest absolute Gasteiger partial charge is 0.481 e. The number of methoxy groups -OCH3 is 2. The fraction of sp³-hybridized carbons (Fsp3) is 0.562. The van der Waals surface area contributed by atoms with E-state index in [9.17, 15) is 14.7 Å². The van der Waals surface area contributed by atoms with Crippen LogP contribution in [-0.4, -0.2) is 48.3 Å². The van der Waals surface area contributed by atoms with Crippen molar-refractivity contribution in [1.82, 2.24) is 10.3 Å². The molecule has 0 radical (unpaired) electrons. The molecule has 0 aliphatic carbocycles. The number of amides is 1. The fourth-order valence-corrected chi connectivity index (χ4v) is 2.14. The molecule has 1 rings (SSSR count). The second-order valence-corrected chi connectivity index (χ2v) is 5.61. The van der Waals surface area contributed by atoms with Crippen LogP contribution in [0, 0.1) is 5.92 Å². The van der Waals surface area contributed by atoms with E-state index in [1.807, 2.05) is 13.8 Å². The van der Waals surface area contributed by atoms with Crippen LogP contribution < -0.4 is 10.1 Å². The van der Waals surface area contributed by atoms with Gasteiger partial charge in [0, 0.05) is 18.2 Å². The first kappa shape index (κ1) is 18.9. The summed E-state index contributed by atoms with van der Waals surface area (Å²) >= 11 is 0. The number of carbonyl (C=O) groups is 2. The maximum Gasteiger partial charge on any atom is 0.328 e. The van der Waals surface area contributed by atoms with Crippen molar-refractivity contribution in [2.75, 3.05) is 14.2 Å². The molecule has 0 saturated carbocycles. The quantitative estimate of drug-likeness (QED) is 0.683. The monoisotopic (exact) mass is 324 g/mol. The third-order valence-electron chi connectivity index (χ3n) is 3.27. The van der Waals surface area contributed by atoms with Gasteiger partial charge in [-0.15, -0.1) is 0 Å². The number of carbonyl (C=O) groups excluding carboxylic acids is 2. The van der Waals surface area contributed by atoms with Crippen molar-refractivity contribution in [2.24, 2.45) is 5.92 Å². The lowest BCUT2D eigenvalue weighted by molar-refractivity contribution is -0.146. The van der Waals surface area contributed by atoms with E-state index in [-0.39, 0.29) is 12.3 Å². The third-order valence-corrected chi connectivity index (χ3v) is 3.27. The predicted molar refractivity (Wildman–Crippen MR) is 83.9 cm³/mol. The molecule has 1 heterocycles. The van der Waals surface area contributed by atoms with Gasteiger partial charge in [0.25, 0.3) is 0 Å². The van der Waals surface area contributed by atoms with Gasteiger partial charge < -0.3 is 19.9 Å². The summed E-state index contributed by atoms with van der Waals surface area (Å²) in [6.07, 6.45) is 0.873.